The third-order valence-corrected chi connectivity index (χ3v) is 5.69. The van der Waals surface area contributed by atoms with Crippen molar-refractivity contribution in [3.63, 3.8) is 0 Å². The SMILES string of the molecule is O=c1oc2ccccc2cc1-c1csc(N/N=C/c2ccccc2OCc2ccccc2)n1. The predicted molar refractivity (Wildman–Crippen MR) is 132 cm³/mol. The molecule has 0 aliphatic heterocycles. The summed E-state index contributed by atoms with van der Waals surface area (Å²) in [7, 11) is 0. The average Bonchev–Trinajstić information content (AvgIpc) is 3.32. The molecule has 0 aliphatic rings. The first-order chi connectivity index (χ1) is 16.3. The second-order valence-corrected chi connectivity index (χ2v) is 8.06. The minimum Gasteiger partial charge on any atom is -0.488 e. The van der Waals surface area contributed by atoms with Gasteiger partial charge in [-0.05, 0) is 29.8 Å². The summed E-state index contributed by atoms with van der Waals surface area (Å²) in [6.07, 6.45) is 1.69. The number of hydrazone groups is 1. The maximum atomic E-state index is 12.4. The van der Waals surface area contributed by atoms with Crippen molar-refractivity contribution in [1.82, 2.24) is 4.98 Å². The van der Waals surface area contributed by atoms with Crippen molar-refractivity contribution >= 4 is 33.7 Å². The van der Waals surface area contributed by atoms with Crippen molar-refractivity contribution in [3.8, 4) is 17.0 Å². The van der Waals surface area contributed by atoms with Crippen LogP contribution in [0.4, 0.5) is 5.13 Å². The van der Waals surface area contributed by atoms with Crippen LogP contribution in [-0.4, -0.2) is 11.2 Å². The molecule has 2 aromatic heterocycles. The molecule has 0 aliphatic carbocycles. The van der Waals surface area contributed by atoms with Gasteiger partial charge in [-0.15, -0.1) is 11.3 Å². The van der Waals surface area contributed by atoms with Crippen LogP contribution in [0.15, 0.2) is 105 Å². The summed E-state index contributed by atoms with van der Waals surface area (Å²) in [6, 6.07) is 26.9. The summed E-state index contributed by atoms with van der Waals surface area (Å²) in [4.78, 5) is 16.9. The zero-order valence-electron chi connectivity index (χ0n) is 17.5. The summed E-state index contributed by atoms with van der Waals surface area (Å²) in [5.41, 5.74) is 5.96. The van der Waals surface area contributed by atoms with E-state index in [1.54, 1.807) is 23.7 Å². The highest BCUT2D eigenvalue weighted by atomic mass is 32.1. The number of anilines is 1. The zero-order chi connectivity index (χ0) is 22.5. The summed E-state index contributed by atoms with van der Waals surface area (Å²) in [5, 5.41) is 7.51. The molecule has 0 fully saturated rings. The number of nitrogens with one attached hydrogen (secondary N) is 1. The maximum absolute atomic E-state index is 12.4. The minimum absolute atomic E-state index is 0.418. The molecule has 5 aromatic rings. The minimum atomic E-state index is -0.418. The summed E-state index contributed by atoms with van der Waals surface area (Å²) in [6.45, 7) is 0.475. The van der Waals surface area contributed by atoms with Crippen LogP contribution in [0.3, 0.4) is 0 Å². The van der Waals surface area contributed by atoms with Gasteiger partial charge in [-0.1, -0.05) is 60.7 Å². The molecule has 5 rings (SSSR count). The second kappa shape index (κ2) is 9.50. The third kappa shape index (κ3) is 4.83. The molecule has 3 aromatic carbocycles. The quantitative estimate of drug-likeness (QED) is 0.187. The van der Waals surface area contributed by atoms with E-state index in [4.69, 9.17) is 9.15 Å². The fourth-order valence-electron chi connectivity index (χ4n) is 3.30. The Morgan fingerprint density at radius 3 is 2.70 bits per heavy atom. The molecule has 0 saturated carbocycles. The lowest BCUT2D eigenvalue weighted by Gasteiger charge is -2.08. The van der Waals surface area contributed by atoms with E-state index in [-0.39, 0.29) is 0 Å². The highest BCUT2D eigenvalue weighted by Gasteiger charge is 2.11. The highest BCUT2D eigenvalue weighted by Crippen LogP contribution is 2.25. The molecule has 0 bridgehead atoms. The van der Waals surface area contributed by atoms with Gasteiger partial charge in [-0.2, -0.15) is 5.10 Å². The van der Waals surface area contributed by atoms with Crippen molar-refractivity contribution < 1.29 is 9.15 Å². The predicted octanol–water partition coefficient (Wildman–Crippen LogP) is 5.94. The van der Waals surface area contributed by atoms with Crippen LogP contribution < -0.4 is 15.8 Å². The van der Waals surface area contributed by atoms with Crippen LogP contribution in [0.1, 0.15) is 11.1 Å². The van der Waals surface area contributed by atoms with Crippen LogP contribution >= 0.6 is 11.3 Å². The highest BCUT2D eigenvalue weighted by molar-refractivity contribution is 7.14. The lowest BCUT2D eigenvalue weighted by molar-refractivity contribution is 0.306. The molecule has 0 saturated heterocycles. The summed E-state index contributed by atoms with van der Waals surface area (Å²) >= 11 is 1.36. The maximum Gasteiger partial charge on any atom is 0.345 e. The molecule has 162 valence electrons. The van der Waals surface area contributed by atoms with Gasteiger partial charge in [0.15, 0.2) is 0 Å². The third-order valence-electron chi connectivity index (χ3n) is 4.94. The summed E-state index contributed by atoms with van der Waals surface area (Å²) in [5.74, 6) is 0.737. The van der Waals surface area contributed by atoms with Crippen LogP contribution in [0.2, 0.25) is 0 Å². The molecule has 6 nitrogen and oxygen atoms in total. The Hall–Kier alpha value is -4.23. The molecule has 7 heteroatoms. The van der Waals surface area contributed by atoms with E-state index in [1.807, 2.05) is 72.8 Å². The molecule has 0 radical (unpaired) electrons. The van der Waals surface area contributed by atoms with Gasteiger partial charge in [0, 0.05) is 16.3 Å². The number of thiazole rings is 1. The van der Waals surface area contributed by atoms with E-state index in [0.29, 0.717) is 28.6 Å². The number of benzene rings is 3. The molecule has 2 heterocycles. The number of rotatable bonds is 7. The zero-order valence-corrected chi connectivity index (χ0v) is 18.3. The first-order valence-corrected chi connectivity index (χ1v) is 11.2. The topological polar surface area (TPSA) is 76.7 Å². The summed E-state index contributed by atoms with van der Waals surface area (Å²) < 4.78 is 11.4. The number of aromatic nitrogens is 1. The van der Waals surface area contributed by atoms with E-state index < -0.39 is 5.63 Å². The first-order valence-electron chi connectivity index (χ1n) is 10.3. The molecule has 1 N–H and O–H groups in total. The van der Waals surface area contributed by atoms with Gasteiger partial charge in [0.05, 0.1) is 17.5 Å². The van der Waals surface area contributed by atoms with E-state index in [9.17, 15) is 4.79 Å². The van der Waals surface area contributed by atoms with Crippen molar-refractivity contribution in [2.24, 2.45) is 5.10 Å². The Kier molecular flexibility index (Phi) is 5.95. The second-order valence-electron chi connectivity index (χ2n) is 7.21. The Morgan fingerprint density at radius 2 is 1.79 bits per heavy atom. The van der Waals surface area contributed by atoms with Gasteiger partial charge in [0.25, 0.3) is 0 Å². The van der Waals surface area contributed by atoms with Crippen LogP contribution in [-0.2, 0) is 6.61 Å². The Labute approximate surface area is 193 Å². The number of hydrogen-bond acceptors (Lipinski definition) is 7. The number of ether oxygens (including phenoxy) is 1. The molecular weight excluding hydrogens is 434 g/mol. The number of para-hydroxylation sites is 2. The van der Waals surface area contributed by atoms with Crippen molar-refractivity contribution in [2.75, 3.05) is 5.43 Å². The van der Waals surface area contributed by atoms with Crippen molar-refractivity contribution in [3.05, 3.63) is 112 Å². The van der Waals surface area contributed by atoms with Crippen molar-refractivity contribution in [2.45, 2.75) is 6.61 Å². The van der Waals surface area contributed by atoms with Gasteiger partial charge in [0.1, 0.15) is 17.9 Å². The average molecular weight is 454 g/mol. The van der Waals surface area contributed by atoms with Gasteiger partial charge >= 0.3 is 5.63 Å². The number of fused-ring (bicyclic) bond motifs is 1. The van der Waals surface area contributed by atoms with Crippen LogP contribution in [0.25, 0.3) is 22.2 Å². The Morgan fingerprint density at radius 1 is 1.00 bits per heavy atom. The number of nitrogens with zero attached hydrogens (tertiary/aromatic N) is 2. The molecule has 0 unspecified atom stereocenters. The fourth-order valence-corrected chi connectivity index (χ4v) is 3.96. The monoisotopic (exact) mass is 453 g/mol. The lowest BCUT2D eigenvalue weighted by Crippen LogP contribution is -2.03. The van der Waals surface area contributed by atoms with Gasteiger partial charge in [-0.25, -0.2) is 9.78 Å². The standard InChI is InChI=1S/C26H19N3O3S/c30-25-21(14-19-10-4-7-13-24(19)32-25)22-17-33-26(28-22)29-27-15-20-11-5-6-12-23(20)31-16-18-8-2-1-3-9-18/h1-15,17H,16H2,(H,28,29)/b27-15+. The number of hydrogen-bond donors (Lipinski definition) is 1. The van der Waals surface area contributed by atoms with Crippen LogP contribution in [0, 0.1) is 0 Å². The molecule has 0 amide bonds. The van der Waals surface area contributed by atoms with Gasteiger partial charge < -0.3 is 9.15 Å². The first kappa shape index (κ1) is 20.7. The normalized spacial score (nSPS) is 11.2. The Bertz CT molecular complexity index is 1480. The molecule has 33 heavy (non-hydrogen) atoms. The van der Waals surface area contributed by atoms with Crippen LogP contribution in [0.5, 0.6) is 5.75 Å². The van der Waals surface area contributed by atoms with Gasteiger partial charge in [0.2, 0.25) is 5.13 Å². The lowest BCUT2D eigenvalue weighted by atomic mass is 10.1. The van der Waals surface area contributed by atoms with E-state index in [1.165, 1.54) is 11.3 Å². The largest absolute Gasteiger partial charge is 0.488 e. The van der Waals surface area contributed by atoms with Crippen molar-refractivity contribution in [1.29, 1.82) is 0 Å². The smallest absolute Gasteiger partial charge is 0.345 e. The fraction of sp³-hybridized carbons (Fsp3) is 0.0385. The van der Waals surface area contributed by atoms with Gasteiger partial charge in [-0.3, -0.25) is 5.43 Å². The Balaban J connectivity index is 1.29. The van der Waals surface area contributed by atoms with E-state index in [0.717, 1.165) is 22.3 Å². The van der Waals surface area contributed by atoms with E-state index >= 15 is 0 Å². The van der Waals surface area contributed by atoms with E-state index in [2.05, 4.69) is 15.5 Å². The molecular formula is C26H19N3O3S. The molecule has 0 atom stereocenters. The molecule has 0 spiro atoms.